The molecule has 0 aliphatic carbocycles. The number of carboxylic acids is 1. The maximum Gasteiger partial charge on any atom is 0.335 e. The van der Waals surface area contributed by atoms with Crippen molar-refractivity contribution in [2.24, 2.45) is 0 Å². The van der Waals surface area contributed by atoms with Gasteiger partial charge in [-0.1, -0.05) is 30.3 Å². The molecule has 0 saturated carbocycles. The van der Waals surface area contributed by atoms with Crippen LogP contribution in [0.5, 0.6) is 0 Å². The summed E-state index contributed by atoms with van der Waals surface area (Å²) in [7, 11) is -3.21. The average Bonchev–Trinajstić information content (AvgIpc) is 2.74. The van der Waals surface area contributed by atoms with E-state index in [1.54, 1.807) is 12.1 Å². The van der Waals surface area contributed by atoms with Crippen LogP contribution in [0.25, 0.3) is 11.1 Å². The molecule has 1 heterocycles. The Labute approximate surface area is 182 Å². The first kappa shape index (κ1) is 21.1. The van der Waals surface area contributed by atoms with Crippen molar-refractivity contribution in [1.82, 2.24) is 4.31 Å². The molecular formula is C24H24N2O4S. The molecule has 0 saturated heterocycles. The predicted molar refractivity (Wildman–Crippen MR) is 122 cm³/mol. The number of benzene rings is 3. The van der Waals surface area contributed by atoms with E-state index in [0.29, 0.717) is 19.5 Å². The van der Waals surface area contributed by atoms with Gasteiger partial charge in [-0.2, -0.15) is 4.31 Å². The third-order valence-corrected chi connectivity index (χ3v) is 6.91. The molecule has 2 N–H and O–H groups in total. The number of carboxylic acid groups (broad SMARTS) is 1. The molecule has 0 spiro atoms. The van der Waals surface area contributed by atoms with Gasteiger partial charge in [0.15, 0.2) is 0 Å². The van der Waals surface area contributed by atoms with Crippen LogP contribution in [0.2, 0.25) is 0 Å². The molecule has 0 radical (unpaired) electrons. The van der Waals surface area contributed by atoms with Crippen molar-refractivity contribution in [3.8, 4) is 11.1 Å². The molecule has 0 bridgehead atoms. The molecule has 0 unspecified atom stereocenters. The van der Waals surface area contributed by atoms with Crippen molar-refractivity contribution < 1.29 is 18.3 Å². The number of nitrogens with one attached hydrogen (secondary N) is 1. The Bertz CT molecular complexity index is 1250. The zero-order valence-corrected chi connectivity index (χ0v) is 18.2. The fraction of sp³-hybridized carbons (Fsp3) is 0.208. The first-order valence-electron chi connectivity index (χ1n) is 9.99. The van der Waals surface area contributed by atoms with E-state index < -0.39 is 16.0 Å². The number of hydrogen-bond donors (Lipinski definition) is 2. The summed E-state index contributed by atoms with van der Waals surface area (Å²) in [4.78, 5) is 11.1. The van der Waals surface area contributed by atoms with Gasteiger partial charge in [-0.3, -0.25) is 0 Å². The van der Waals surface area contributed by atoms with Crippen molar-refractivity contribution in [2.75, 3.05) is 18.1 Å². The van der Waals surface area contributed by atoms with Gasteiger partial charge in [0.1, 0.15) is 0 Å². The van der Waals surface area contributed by atoms with Gasteiger partial charge in [0.05, 0.1) is 11.8 Å². The summed E-state index contributed by atoms with van der Waals surface area (Å²) in [5.41, 5.74) is 7.36. The van der Waals surface area contributed by atoms with Crippen LogP contribution in [0.4, 0.5) is 11.4 Å². The first-order valence-corrected chi connectivity index (χ1v) is 11.8. The number of sulfonamides is 1. The van der Waals surface area contributed by atoms with Crippen molar-refractivity contribution >= 4 is 27.4 Å². The van der Waals surface area contributed by atoms with Crippen LogP contribution >= 0.6 is 0 Å². The van der Waals surface area contributed by atoms with Crippen molar-refractivity contribution in [3.63, 3.8) is 0 Å². The Morgan fingerprint density at radius 3 is 2.48 bits per heavy atom. The van der Waals surface area contributed by atoms with E-state index in [1.807, 2.05) is 49.4 Å². The Kier molecular flexibility index (Phi) is 5.56. The minimum absolute atomic E-state index is 0.259. The lowest BCUT2D eigenvalue weighted by atomic mass is 9.97. The van der Waals surface area contributed by atoms with Crippen LogP contribution in [0.15, 0.2) is 60.7 Å². The monoisotopic (exact) mass is 436 g/mol. The van der Waals surface area contributed by atoms with Crippen LogP contribution in [-0.4, -0.2) is 36.6 Å². The second kappa shape index (κ2) is 8.17. The minimum Gasteiger partial charge on any atom is -0.478 e. The number of hydrogen-bond acceptors (Lipinski definition) is 4. The molecule has 4 rings (SSSR count). The average molecular weight is 437 g/mol. The number of rotatable bonds is 5. The summed E-state index contributed by atoms with van der Waals surface area (Å²) in [6.07, 6.45) is 1.90. The lowest BCUT2D eigenvalue weighted by Crippen LogP contribution is -2.35. The molecule has 0 aromatic heterocycles. The maximum atomic E-state index is 11.9. The standard InChI is InChI=1S/C24H24N2O4S/c1-16-6-11-20(14-22(16)17-7-9-18(10-8-17)24(27)28)25-23-5-3-4-19-15-26(31(2,29)30)13-12-21(19)23/h3-11,14,25H,12-13,15H2,1-2H3,(H,27,28). The molecule has 3 aromatic rings. The quantitative estimate of drug-likeness (QED) is 0.618. The molecule has 1 aliphatic heterocycles. The van der Waals surface area contributed by atoms with Crippen LogP contribution in [0, 0.1) is 6.92 Å². The van der Waals surface area contributed by atoms with Gasteiger partial charge in [-0.15, -0.1) is 0 Å². The highest BCUT2D eigenvalue weighted by Gasteiger charge is 2.24. The third-order valence-electron chi connectivity index (χ3n) is 5.66. The fourth-order valence-corrected chi connectivity index (χ4v) is 4.74. The topological polar surface area (TPSA) is 86.7 Å². The predicted octanol–water partition coefficient (Wildman–Crippen LogP) is 4.42. The molecule has 0 atom stereocenters. The van der Waals surface area contributed by atoms with E-state index >= 15 is 0 Å². The molecule has 6 nitrogen and oxygen atoms in total. The van der Waals surface area contributed by atoms with E-state index in [9.17, 15) is 13.2 Å². The number of aromatic carboxylic acids is 1. The Morgan fingerprint density at radius 1 is 1.06 bits per heavy atom. The molecule has 3 aromatic carbocycles. The molecule has 7 heteroatoms. The van der Waals surface area contributed by atoms with Crippen LogP contribution in [-0.2, 0) is 23.0 Å². The minimum atomic E-state index is -3.21. The van der Waals surface area contributed by atoms with E-state index in [2.05, 4.69) is 11.4 Å². The fourth-order valence-electron chi connectivity index (χ4n) is 3.94. The van der Waals surface area contributed by atoms with Gasteiger partial charge < -0.3 is 10.4 Å². The van der Waals surface area contributed by atoms with Gasteiger partial charge in [0.25, 0.3) is 0 Å². The zero-order valence-electron chi connectivity index (χ0n) is 17.4. The van der Waals surface area contributed by atoms with Crippen LogP contribution in [0.1, 0.15) is 27.0 Å². The van der Waals surface area contributed by atoms with Gasteiger partial charge in [-0.25, -0.2) is 13.2 Å². The summed E-state index contributed by atoms with van der Waals surface area (Å²) in [6, 6.07) is 18.9. The first-order chi connectivity index (χ1) is 14.7. The van der Waals surface area contributed by atoms with E-state index in [4.69, 9.17) is 5.11 Å². The summed E-state index contributed by atoms with van der Waals surface area (Å²) >= 11 is 0. The summed E-state index contributed by atoms with van der Waals surface area (Å²) in [5.74, 6) is -0.943. The SMILES string of the molecule is Cc1ccc(Nc2cccc3c2CCN(S(C)(=O)=O)C3)cc1-c1ccc(C(=O)O)cc1. The van der Waals surface area contributed by atoms with Crippen molar-refractivity contribution in [2.45, 2.75) is 19.9 Å². The Morgan fingerprint density at radius 2 is 1.81 bits per heavy atom. The molecule has 31 heavy (non-hydrogen) atoms. The highest BCUT2D eigenvalue weighted by Crippen LogP contribution is 2.32. The number of anilines is 2. The highest BCUT2D eigenvalue weighted by molar-refractivity contribution is 7.88. The number of nitrogens with zero attached hydrogens (tertiary/aromatic N) is 1. The molecule has 1 aliphatic rings. The molecular weight excluding hydrogens is 412 g/mol. The Hall–Kier alpha value is -3.16. The van der Waals surface area contributed by atoms with Crippen molar-refractivity contribution in [1.29, 1.82) is 0 Å². The number of aryl methyl sites for hydroxylation is 1. The normalized spacial score (nSPS) is 14.1. The van der Waals surface area contributed by atoms with E-state index in [-0.39, 0.29) is 5.56 Å². The Balaban J connectivity index is 1.63. The second-order valence-electron chi connectivity index (χ2n) is 7.83. The van der Waals surface area contributed by atoms with Gasteiger partial charge in [-0.05, 0) is 71.5 Å². The largest absolute Gasteiger partial charge is 0.478 e. The summed E-state index contributed by atoms with van der Waals surface area (Å²) in [6.45, 7) is 2.88. The summed E-state index contributed by atoms with van der Waals surface area (Å²) in [5, 5.41) is 12.6. The molecule has 0 amide bonds. The smallest absolute Gasteiger partial charge is 0.335 e. The van der Waals surface area contributed by atoms with Crippen molar-refractivity contribution in [3.05, 3.63) is 82.9 Å². The third kappa shape index (κ3) is 4.47. The van der Waals surface area contributed by atoms with Gasteiger partial charge >= 0.3 is 5.97 Å². The number of carbonyl (C=O) groups is 1. The lowest BCUT2D eigenvalue weighted by Gasteiger charge is -2.28. The zero-order chi connectivity index (χ0) is 22.2. The van der Waals surface area contributed by atoms with Crippen LogP contribution < -0.4 is 5.32 Å². The summed E-state index contributed by atoms with van der Waals surface area (Å²) < 4.78 is 25.3. The van der Waals surface area contributed by atoms with Gasteiger partial charge in [0.2, 0.25) is 10.0 Å². The van der Waals surface area contributed by atoms with E-state index in [1.165, 1.54) is 10.6 Å². The lowest BCUT2D eigenvalue weighted by molar-refractivity contribution is 0.0697. The van der Waals surface area contributed by atoms with E-state index in [0.717, 1.165) is 39.2 Å². The molecule has 160 valence electrons. The van der Waals surface area contributed by atoms with Gasteiger partial charge in [0, 0.05) is 24.5 Å². The highest BCUT2D eigenvalue weighted by atomic mass is 32.2. The number of fused-ring (bicyclic) bond motifs is 1. The second-order valence-corrected chi connectivity index (χ2v) is 9.81. The molecule has 0 fully saturated rings. The van der Waals surface area contributed by atoms with Crippen LogP contribution in [0.3, 0.4) is 0 Å². The maximum absolute atomic E-state index is 11.9.